The highest BCUT2D eigenvalue weighted by Crippen LogP contribution is 2.39. The molecule has 21 nitrogen and oxygen atoms in total. The topological polar surface area (TPSA) is 364 Å². The lowest BCUT2D eigenvalue weighted by atomic mass is 10.00. The van der Waals surface area contributed by atoms with Crippen molar-refractivity contribution in [2.24, 2.45) is 27.9 Å². The summed E-state index contributed by atoms with van der Waals surface area (Å²) in [5.74, 6) is -6.31. The third-order valence-electron chi connectivity index (χ3n) is 11.0. The van der Waals surface area contributed by atoms with Crippen LogP contribution in [0.2, 0.25) is 0 Å². The molecular formula is C44H64N12O9S2. The van der Waals surface area contributed by atoms with Crippen molar-refractivity contribution in [2.75, 3.05) is 25.4 Å². The number of amides is 6. The van der Waals surface area contributed by atoms with Gasteiger partial charge in [0.2, 0.25) is 35.4 Å². The molecule has 366 valence electrons. The Kier molecular flexibility index (Phi) is 21.2. The van der Waals surface area contributed by atoms with Gasteiger partial charge in [-0.3, -0.25) is 33.8 Å². The van der Waals surface area contributed by atoms with Gasteiger partial charge in [-0.25, -0.2) is 4.79 Å². The predicted molar refractivity (Wildman–Crippen MR) is 258 cm³/mol. The van der Waals surface area contributed by atoms with Gasteiger partial charge in [-0.15, -0.1) is 0 Å². The number of aromatic nitrogens is 1. The van der Waals surface area contributed by atoms with Crippen LogP contribution in [-0.2, 0) is 46.4 Å². The van der Waals surface area contributed by atoms with E-state index in [0.29, 0.717) is 30.5 Å². The zero-order chi connectivity index (χ0) is 49.1. The number of nitrogens with two attached hydrogens (primary N) is 4. The summed E-state index contributed by atoms with van der Waals surface area (Å²) >= 11 is 0. The van der Waals surface area contributed by atoms with Crippen molar-refractivity contribution in [3.63, 3.8) is 0 Å². The Morgan fingerprint density at radius 2 is 1.43 bits per heavy atom. The molecule has 4 rings (SSSR count). The summed E-state index contributed by atoms with van der Waals surface area (Å²) in [6.07, 6.45) is 3.04. The average Bonchev–Trinajstić information content (AvgIpc) is 3.70. The smallest absolute Gasteiger partial charge is 0.327 e. The number of guanidine groups is 1. The molecule has 1 aromatic heterocycles. The maximum absolute atomic E-state index is 14.4. The Morgan fingerprint density at radius 3 is 2.10 bits per heavy atom. The summed E-state index contributed by atoms with van der Waals surface area (Å²) < 4.78 is -1.22. The monoisotopic (exact) mass is 968 g/mol. The Morgan fingerprint density at radius 1 is 0.821 bits per heavy atom. The number of nitrogens with zero attached hydrogens (tertiary/aromatic N) is 1. The van der Waals surface area contributed by atoms with Crippen molar-refractivity contribution < 1.29 is 43.8 Å². The minimum Gasteiger partial charge on any atom is -0.480 e. The van der Waals surface area contributed by atoms with Gasteiger partial charge in [-0.2, -0.15) is 0 Å². The van der Waals surface area contributed by atoms with Crippen LogP contribution >= 0.6 is 21.6 Å². The lowest BCUT2D eigenvalue weighted by Crippen LogP contribution is -2.61. The zero-order valence-corrected chi connectivity index (χ0v) is 39.3. The number of aliphatic hydroxyl groups excluding tert-OH is 1. The van der Waals surface area contributed by atoms with Crippen LogP contribution in [0.1, 0.15) is 63.5 Å². The fourth-order valence-electron chi connectivity index (χ4n) is 7.22. The molecule has 2 aromatic carbocycles. The number of unbranched alkanes of at least 4 members (excludes halogenated alkanes) is 1. The number of hydrogen-bond acceptors (Lipinski definition) is 13. The molecule has 0 bridgehead atoms. The first-order valence-electron chi connectivity index (χ1n) is 22.0. The van der Waals surface area contributed by atoms with Crippen LogP contribution in [0.25, 0.3) is 10.9 Å². The van der Waals surface area contributed by atoms with Crippen LogP contribution in [0.3, 0.4) is 0 Å². The van der Waals surface area contributed by atoms with Gasteiger partial charge in [0.15, 0.2) is 5.96 Å². The van der Waals surface area contributed by atoms with Crippen LogP contribution in [0.4, 0.5) is 0 Å². The van der Waals surface area contributed by atoms with E-state index in [2.05, 4.69) is 41.9 Å². The van der Waals surface area contributed by atoms with E-state index in [1.165, 1.54) is 10.8 Å². The number of fused-ring (bicyclic) bond motifs is 1. The molecule has 0 radical (unpaired) electrons. The highest BCUT2D eigenvalue weighted by atomic mass is 33.1. The summed E-state index contributed by atoms with van der Waals surface area (Å²) in [4.78, 5) is 104. The van der Waals surface area contributed by atoms with Crippen LogP contribution in [0.5, 0.6) is 0 Å². The molecule has 0 saturated carbocycles. The Balaban J connectivity index is 1.78. The summed E-state index contributed by atoms with van der Waals surface area (Å²) in [5.41, 5.74) is 24.8. The molecule has 6 amide bonds. The van der Waals surface area contributed by atoms with E-state index >= 15 is 0 Å². The van der Waals surface area contributed by atoms with Crippen molar-refractivity contribution in [3.05, 3.63) is 71.9 Å². The van der Waals surface area contributed by atoms with Gasteiger partial charge in [-0.05, 0) is 69.7 Å². The fraction of sp³-hybridized carbons (Fsp3) is 0.500. The van der Waals surface area contributed by atoms with Crippen LogP contribution in [0.15, 0.2) is 65.8 Å². The number of carboxylic acids is 1. The van der Waals surface area contributed by atoms with Crippen LogP contribution in [0, 0.1) is 0 Å². The molecule has 0 aliphatic carbocycles. The molecule has 67 heavy (non-hydrogen) atoms. The van der Waals surface area contributed by atoms with Gasteiger partial charge in [0.1, 0.15) is 36.3 Å². The van der Waals surface area contributed by atoms with Crippen molar-refractivity contribution in [3.8, 4) is 0 Å². The first-order valence-corrected chi connectivity index (χ1v) is 24.3. The number of nitrogens with one attached hydrogen (secondary N) is 7. The average molecular weight is 969 g/mol. The van der Waals surface area contributed by atoms with E-state index in [-0.39, 0.29) is 56.8 Å². The second-order valence-corrected chi connectivity index (χ2v) is 19.7. The number of carbonyl (C=O) groups excluding carboxylic acids is 6. The number of H-pyrrole nitrogens is 1. The first-order chi connectivity index (χ1) is 31.9. The predicted octanol–water partition coefficient (Wildman–Crippen LogP) is -0.988. The Bertz CT molecular complexity index is 2190. The molecule has 23 heteroatoms. The molecule has 1 aliphatic rings. The van der Waals surface area contributed by atoms with E-state index < -0.39 is 95.1 Å². The summed E-state index contributed by atoms with van der Waals surface area (Å²) in [6.45, 7) is 2.78. The van der Waals surface area contributed by atoms with Gasteiger partial charge in [0, 0.05) is 42.2 Å². The molecule has 0 unspecified atom stereocenters. The van der Waals surface area contributed by atoms with E-state index in [1.54, 1.807) is 50.4 Å². The Hall–Kier alpha value is -5.88. The fourth-order valence-corrected chi connectivity index (χ4v) is 9.93. The van der Waals surface area contributed by atoms with E-state index in [9.17, 15) is 43.8 Å². The van der Waals surface area contributed by atoms with Gasteiger partial charge < -0.3 is 70.0 Å². The summed E-state index contributed by atoms with van der Waals surface area (Å²) in [5, 5.41) is 37.6. The number of aromatic amines is 1. The third kappa shape index (κ3) is 16.7. The van der Waals surface area contributed by atoms with Crippen molar-refractivity contribution >= 4 is 79.9 Å². The minimum absolute atomic E-state index is 0.0347. The number of hydrogen-bond donors (Lipinski definition) is 13. The molecular weight excluding hydrogens is 905 g/mol. The van der Waals surface area contributed by atoms with Gasteiger partial charge in [0.25, 0.3) is 0 Å². The maximum atomic E-state index is 14.4. The quantitative estimate of drug-likeness (QED) is 0.0355. The summed E-state index contributed by atoms with van der Waals surface area (Å²) in [6, 6.07) is 6.43. The number of aliphatic hydroxyl groups is 1. The van der Waals surface area contributed by atoms with E-state index in [0.717, 1.165) is 21.7 Å². The number of para-hydroxylation sites is 1. The normalized spacial score (nSPS) is 23.0. The molecule has 17 N–H and O–H groups in total. The van der Waals surface area contributed by atoms with E-state index in [4.69, 9.17) is 22.9 Å². The second kappa shape index (κ2) is 26.5. The highest BCUT2D eigenvalue weighted by molar-refractivity contribution is 8.77. The maximum Gasteiger partial charge on any atom is 0.327 e. The minimum atomic E-state index is -1.61. The number of carbonyl (C=O) groups is 7. The van der Waals surface area contributed by atoms with Crippen LogP contribution < -0.4 is 54.8 Å². The van der Waals surface area contributed by atoms with E-state index in [1.807, 2.05) is 24.3 Å². The molecule has 3 aromatic rings. The SMILES string of the molecule is CC1(C)SSCC[C@H](NC(=O)[C@@H](N)CCCCN)C(=O)N[C@@H](CO)C(=O)N[C@H](Cc2ccccc2)C(=O)N[C@@H](CCCN=C(N)N)C(=O)N[C@@H](Cc2c[nH]c3ccccc23)C(=O)N[C@@H]1C(=O)O. The zero-order valence-electron chi connectivity index (χ0n) is 37.6. The lowest BCUT2D eigenvalue weighted by Gasteiger charge is -2.32. The molecule has 7 atom stereocenters. The number of benzene rings is 2. The Labute approximate surface area is 396 Å². The first kappa shape index (κ1) is 53.7. The number of aliphatic imine (C=N–C) groups is 1. The molecule has 0 spiro atoms. The largest absolute Gasteiger partial charge is 0.480 e. The van der Waals surface area contributed by atoms with Gasteiger partial charge >= 0.3 is 5.97 Å². The highest BCUT2D eigenvalue weighted by Gasteiger charge is 2.40. The van der Waals surface area contributed by atoms with Crippen molar-refractivity contribution in [2.45, 2.75) is 112 Å². The standard InChI is InChI=1S/C44H64N12O9S2/c1-44(2)35(42(64)65)56-40(62)33(22-26-23-50-29-15-7-6-13-27(26)29)54-37(59)30(16-10-19-49-43(47)48)52-39(61)32(21-25-11-4-3-5-12-25)53-41(63)34(24-57)55-38(60)31(17-20-66-67-44)51-36(58)28(46)14-8-9-18-45/h3-7,11-13,15,23,28,30-35,50,57H,8-10,14,16-22,24,45-46H2,1-2H3,(H,51,58)(H,52,61)(H,53,63)(H,54,59)(H,55,60)(H,56,62)(H,64,65)(H4,47,48,49)/t28-,30-,31-,32+,33-,34-,35+/m0/s1. The third-order valence-corrected chi connectivity index (χ3v) is 14.3. The van der Waals surface area contributed by atoms with Gasteiger partial charge in [0.05, 0.1) is 17.4 Å². The lowest BCUT2D eigenvalue weighted by molar-refractivity contribution is -0.143. The number of aliphatic carboxylic acids is 1. The molecule has 1 aliphatic heterocycles. The number of rotatable bonds is 16. The molecule has 1 saturated heterocycles. The van der Waals surface area contributed by atoms with Crippen LogP contribution in [-0.4, -0.2) is 135 Å². The molecule has 1 fully saturated rings. The van der Waals surface area contributed by atoms with Crippen molar-refractivity contribution in [1.29, 1.82) is 0 Å². The second-order valence-electron chi connectivity index (χ2n) is 16.7. The van der Waals surface area contributed by atoms with Gasteiger partial charge in [-0.1, -0.05) is 76.5 Å². The number of carboxylic acid groups (broad SMARTS) is 1. The van der Waals surface area contributed by atoms with Crippen molar-refractivity contribution in [1.82, 2.24) is 36.9 Å². The summed E-state index contributed by atoms with van der Waals surface area (Å²) in [7, 11) is 2.28. The molecule has 2 heterocycles.